The van der Waals surface area contributed by atoms with E-state index in [0.29, 0.717) is 67.4 Å². The lowest BCUT2D eigenvalue weighted by atomic mass is 9.95. The fourth-order valence-corrected chi connectivity index (χ4v) is 6.70. The Labute approximate surface area is 288 Å². The van der Waals surface area contributed by atoms with Crippen LogP contribution in [0.2, 0.25) is 5.02 Å². The first-order chi connectivity index (χ1) is 23.0. The Balaban J connectivity index is 1.60. The van der Waals surface area contributed by atoms with Gasteiger partial charge < -0.3 is 23.7 Å². The zero-order valence-electron chi connectivity index (χ0n) is 28.1. The predicted molar refractivity (Wildman–Crippen MR) is 187 cm³/mol. The number of fused-ring (bicyclic) bond motifs is 1. The van der Waals surface area contributed by atoms with Gasteiger partial charge in [0.15, 0.2) is 27.8 Å². The van der Waals surface area contributed by atoms with Gasteiger partial charge in [-0.25, -0.2) is 9.79 Å². The maximum Gasteiger partial charge on any atom is 0.338 e. The van der Waals surface area contributed by atoms with Gasteiger partial charge in [0, 0.05) is 0 Å². The average Bonchev–Trinajstić information content (AvgIpc) is 3.34. The number of rotatable bonds is 12. The van der Waals surface area contributed by atoms with Gasteiger partial charge in [-0.3, -0.25) is 9.36 Å². The Kier molecular flexibility index (Phi) is 11.0. The van der Waals surface area contributed by atoms with Gasteiger partial charge in [-0.1, -0.05) is 58.8 Å². The van der Waals surface area contributed by atoms with Crippen molar-refractivity contribution in [3.05, 3.63) is 113 Å². The second-order valence-electron chi connectivity index (χ2n) is 11.4. The quantitative estimate of drug-likeness (QED) is 0.156. The van der Waals surface area contributed by atoms with Crippen molar-refractivity contribution in [2.24, 2.45) is 4.99 Å². The topological polar surface area (TPSA) is 97.6 Å². The van der Waals surface area contributed by atoms with Crippen molar-refractivity contribution in [1.82, 2.24) is 4.57 Å². The fraction of sp³-hybridized carbons (Fsp3) is 0.324. The number of benzene rings is 3. The van der Waals surface area contributed by atoms with Crippen molar-refractivity contribution < 1.29 is 28.5 Å². The van der Waals surface area contributed by atoms with E-state index >= 15 is 0 Å². The molecular weight excluding hydrogens is 652 g/mol. The maximum atomic E-state index is 14.2. The second kappa shape index (κ2) is 15.1. The molecule has 1 aliphatic rings. The van der Waals surface area contributed by atoms with Crippen LogP contribution >= 0.6 is 22.9 Å². The number of carbonyl (C=O) groups excluding carboxylic acids is 1. The molecule has 1 atom stereocenters. The predicted octanol–water partition coefficient (Wildman–Crippen LogP) is 6.53. The number of aryl methyl sites for hydroxylation is 1. The van der Waals surface area contributed by atoms with Gasteiger partial charge in [0.25, 0.3) is 5.56 Å². The van der Waals surface area contributed by atoms with Crippen molar-refractivity contribution in [2.45, 2.75) is 60.3 Å². The smallest absolute Gasteiger partial charge is 0.338 e. The standard InChI is InChI=1S/C37H39ClN2O7S/c1-8-44-30-17-25(16-27(38)34(30)46-20-24-12-10-22(5)11-13-24)18-31-35(41)40-33(26-14-15-28(47-21(3)4)29(19-26)43-7)32(36(42)45-9-2)23(6)39-37(40)48-31/h10-19,21,33H,8-9,20H2,1-7H3/b31-18-/t33-/m0/s1. The van der Waals surface area contributed by atoms with E-state index < -0.39 is 12.0 Å². The number of halogens is 1. The Morgan fingerprint density at radius 2 is 1.75 bits per heavy atom. The Morgan fingerprint density at radius 3 is 2.42 bits per heavy atom. The zero-order chi connectivity index (χ0) is 34.5. The molecule has 2 heterocycles. The summed E-state index contributed by atoms with van der Waals surface area (Å²) in [5.41, 5.74) is 3.85. The first-order valence-electron chi connectivity index (χ1n) is 15.7. The van der Waals surface area contributed by atoms with Gasteiger partial charge in [-0.2, -0.15) is 0 Å². The molecule has 1 aliphatic heterocycles. The Hall–Kier alpha value is -4.54. The van der Waals surface area contributed by atoms with E-state index in [1.54, 1.807) is 51.3 Å². The molecule has 252 valence electrons. The molecule has 48 heavy (non-hydrogen) atoms. The Morgan fingerprint density at radius 1 is 1.00 bits per heavy atom. The normalized spacial score (nSPS) is 14.4. The third-order valence-corrected chi connectivity index (χ3v) is 8.78. The summed E-state index contributed by atoms with van der Waals surface area (Å²) < 4.78 is 30.9. The molecule has 0 saturated heterocycles. The molecular formula is C37H39ClN2O7S. The van der Waals surface area contributed by atoms with E-state index in [1.165, 1.54) is 15.9 Å². The molecule has 0 radical (unpaired) electrons. The number of esters is 1. The first kappa shape index (κ1) is 34.8. The molecule has 0 aliphatic carbocycles. The molecule has 0 saturated carbocycles. The lowest BCUT2D eigenvalue weighted by molar-refractivity contribution is -0.139. The number of thiazole rings is 1. The van der Waals surface area contributed by atoms with Crippen LogP contribution in [0.15, 0.2) is 75.7 Å². The van der Waals surface area contributed by atoms with Crippen LogP contribution in [0.5, 0.6) is 23.0 Å². The molecule has 0 unspecified atom stereocenters. The molecule has 0 amide bonds. The van der Waals surface area contributed by atoms with Crippen LogP contribution < -0.4 is 33.8 Å². The van der Waals surface area contributed by atoms with Crippen LogP contribution in [-0.2, 0) is 16.1 Å². The zero-order valence-corrected chi connectivity index (χ0v) is 29.7. The van der Waals surface area contributed by atoms with Crippen molar-refractivity contribution >= 4 is 35.0 Å². The lowest BCUT2D eigenvalue weighted by Crippen LogP contribution is -2.40. The summed E-state index contributed by atoms with van der Waals surface area (Å²) in [5, 5.41) is 0.348. The summed E-state index contributed by atoms with van der Waals surface area (Å²) in [6.45, 7) is 12.1. The number of hydrogen-bond donors (Lipinski definition) is 0. The largest absolute Gasteiger partial charge is 0.493 e. The molecule has 0 fully saturated rings. The van der Waals surface area contributed by atoms with E-state index in [-0.39, 0.29) is 23.8 Å². The lowest BCUT2D eigenvalue weighted by Gasteiger charge is -2.25. The molecule has 9 nitrogen and oxygen atoms in total. The highest BCUT2D eigenvalue weighted by Crippen LogP contribution is 2.38. The van der Waals surface area contributed by atoms with E-state index in [4.69, 9.17) is 35.3 Å². The summed E-state index contributed by atoms with van der Waals surface area (Å²) in [6, 6.07) is 16.2. The van der Waals surface area contributed by atoms with E-state index in [2.05, 4.69) is 4.99 Å². The van der Waals surface area contributed by atoms with E-state index in [0.717, 1.165) is 11.1 Å². The van der Waals surface area contributed by atoms with E-state index in [1.807, 2.05) is 58.0 Å². The van der Waals surface area contributed by atoms with Crippen LogP contribution in [0.4, 0.5) is 0 Å². The fourth-order valence-electron chi connectivity index (χ4n) is 5.38. The number of aromatic nitrogens is 1. The van der Waals surface area contributed by atoms with Gasteiger partial charge in [0.2, 0.25) is 0 Å². The second-order valence-corrected chi connectivity index (χ2v) is 12.8. The highest BCUT2D eigenvalue weighted by Gasteiger charge is 2.34. The highest BCUT2D eigenvalue weighted by atomic mass is 35.5. The van der Waals surface area contributed by atoms with Crippen molar-refractivity contribution in [3.63, 3.8) is 0 Å². The van der Waals surface area contributed by atoms with Crippen molar-refractivity contribution in [2.75, 3.05) is 20.3 Å². The number of ether oxygens (including phenoxy) is 5. The monoisotopic (exact) mass is 690 g/mol. The van der Waals surface area contributed by atoms with Gasteiger partial charge in [-0.05, 0) is 88.6 Å². The van der Waals surface area contributed by atoms with Crippen LogP contribution in [0.25, 0.3) is 6.08 Å². The van der Waals surface area contributed by atoms with Crippen LogP contribution in [0.1, 0.15) is 62.9 Å². The first-order valence-corrected chi connectivity index (χ1v) is 16.9. The number of methoxy groups -OCH3 is 1. The maximum absolute atomic E-state index is 14.2. The minimum Gasteiger partial charge on any atom is -0.493 e. The van der Waals surface area contributed by atoms with Crippen molar-refractivity contribution in [1.29, 1.82) is 0 Å². The molecule has 1 aromatic heterocycles. The number of allylic oxidation sites excluding steroid dienone is 1. The number of nitrogens with zero attached hydrogens (tertiary/aromatic N) is 2. The van der Waals surface area contributed by atoms with E-state index in [9.17, 15) is 9.59 Å². The van der Waals surface area contributed by atoms with Crippen LogP contribution in [0.3, 0.4) is 0 Å². The SMILES string of the molecule is CCOC(=O)C1=C(C)N=c2s/c(=C\c3cc(Cl)c(OCc4ccc(C)cc4)c(OCC)c3)c(=O)n2[C@H]1c1ccc(OC(C)C)c(OC)c1. The highest BCUT2D eigenvalue weighted by molar-refractivity contribution is 7.07. The summed E-state index contributed by atoms with van der Waals surface area (Å²) in [7, 11) is 1.55. The molecule has 5 rings (SSSR count). The number of carbonyl (C=O) groups is 1. The third-order valence-electron chi connectivity index (χ3n) is 7.52. The van der Waals surface area contributed by atoms with Gasteiger partial charge in [0.05, 0.1) is 53.3 Å². The molecule has 0 N–H and O–H groups in total. The van der Waals surface area contributed by atoms with Gasteiger partial charge >= 0.3 is 5.97 Å². The molecule has 0 bridgehead atoms. The van der Waals surface area contributed by atoms with Gasteiger partial charge in [-0.15, -0.1) is 0 Å². The average molecular weight is 691 g/mol. The number of hydrogen-bond acceptors (Lipinski definition) is 9. The third kappa shape index (κ3) is 7.45. The summed E-state index contributed by atoms with van der Waals surface area (Å²) in [5.74, 6) is 1.37. The molecule has 3 aromatic carbocycles. The molecule has 4 aromatic rings. The van der Waals surface area contributed by atoms with Crippen molar-refractivity contribution in [3.8, 4) is 23.0 Å². The van der Waals surface area contributed by atoms with Gasteiger partial charge in [0.1, 0.15) is 6.61 Å². The molecule has 11 heteroatoms. The Bertz CT molecular complexity index is 2030. The minimum atomic E-state index is -0.815. The summed E-state index contributed by atoms with van der Waals surface area (Å²) in [4.78, 5) is 32.7. The molecule has 0 spiro atoms. The minimum absolute atomic E-state index is 0.0785. The van der Waals surface area contributed by atoms with Crippen LogP contribution in [-0.4, -0.2) is 37.0 Å². The summed E-state index contributed by atoms with van der Waals surface area (Å²) >= 11 is 7.96. The summed E-state index contributed by atoms with van der Waals surface area (Å²) in [6.07, 6.45) is 1.66. The van der Waals surface area contributed by atoms with Crippen LogP contribution in [0, 0.1) is 6.92 Å².